The molecule has 0 atom stereocenters. The Balaban J connectivity index is 1.73. The van der Waals surface area contributed by atoms with Crippen LogP contribution < -0.4 is 4.74 Å². The van der Waals surface area contributed by atoms with Crippen LogP contribution in [0.25, 0.3) is 0 Å². The van der Waals surface area contributed by atoms with Crippen molar-refractivity contribution in [1.82, 2.24) is 0 Å². The van der Waals surface area contributed by atoms with Gasteiger partial charge in [-0.2, -0.15) is 5.26 Å². The summed E-state index contributed by atoms with van der Waals surface area (Å²) in [5.74, 6) is 0.946. The third-order valence-electron chi connectivity index (χ3n) is 2.51. The lowest BCUT2D eigenvalue weighted by Gasteiger charge is -2.06. The van der Waals surface area contributed by atoms with Crippen molar-refractivity contribution in [3.05, 3.63) is 53.5 Å². The van der Waals surface area contributed by atoms with Crippen LogP contribution in [0, 0.1) is 18.3 Å². The molecule has 0 radical (unpaired) electrons. The Morgan fingerprint density at radius 3 is 2.55 bits per heavy atom. The Bertz CT molecular complexity index is 622. The molecule has 102 valence electrons. The largest absolute Gasteiger partial charge is 0.490 e. The Kier molecular flexibility index (Phi) is 4.40. The number of rotatable bonds is 5. The van der Waals surface area contributed by atoms with Crippen molar-refractivity contribution in [2.75, 3.05) is 13.2 Å². The Labute approximate surface area is 116 Å². The highest BCUT2D eigenvalue weighted by molar-refractivity contribution is 5.86. The van der Waals surface area contributed by atoms with Gasteiger partial charge in [-0.3, -0.25) is 0 Å². The zero-order chi connectivity index (χ0) is 14.4. The van der Waals surface area contributed by atoms with Gasteiger partial charge in [0.15, 0.2) is 0 Å². The van der Waals surface area contributed by atoms with Crippen LogP contribution in [-0.2, 0) is 4.74 Å². The number of nitriles is 1. The number of furan rings is 1. The van der Waals surface area contributed by atoms with Crippen molar-refractivity contribution in [3.63, 3.8) is 0 Å². The third kappa shape index (κ3) is 3.62. The van der Waals surface area contributed by atoms with Crippen LogP contribution in [0.5, 0.6) is 5.75 Å². The third-order valence-corrected chi connectivity index (χ3v) is 2.51. The van der Waals surface area contributed by atoms with Crippen LogP contribution in [0.3, 0.4) is 0 Å². The maximum absolute atomic E-state index is 11.5. The van der Waals surface area contributed by atoms with E-state index in [-0.39, 0.29) is 19.0 Å². The molecular formula is C15H13NO4. The van der Waals surface area contributed by atoms with Crippen LogP contribution in [0.15, 0.2) is 40.8 Å². The summed E-state index contributed by atoms with van der Waals surface area (Å²) in [6, 6.07) is 12.0. The van der Waals surface area contributed by atoms with Crippen LogP contribution in [0.2, 0.25) is 0 Å². The predicted molar refractivity (Wildman–Crippen MR) is 70.4 cm³/mol. The molecule has 0 N–H and O–H groups in total. The number of hydrogen-bond acceptors (Lipinski definition) is 5. The molecule has 5 heteroatoms. The van der Waals surface area contributed by atoms with Gasteiger partial charge in [0.25, 0.3) is 0 Å². The van der Waals surface area contributed by atoms with Crippen molar-refractivity contribution in [3.8, 4) is 11.8 Å². The number of aryl methyl sites for hydroxylation is 1. The summed E-state index contributed by atoms with van der Waals surface area (Å²) in [6.07, 6.45) is 0. The zero-order valence-electron chi connectivity index (χ0n) is 11.0. The minimum atomic E-state index is -0.512. The molecule has 0 fully saturated rings. The van der Waals surface area contributed by atoms with E-state index in [0.717, 1.165) is 0 Å². The lowest BCUT2D eigenvalue weighted by atomic mass is 10.2. The van der Waals surface area contributed by atoms with E-state index in [2.05, 4.69) is 0 Å². The second-order valence-corrected chi connectivity index (χ2v) is 4.03. The van der Waals surface area contributed by atoms with E-state index in [9.17, 15) is 4.79 Å². The fraction of sp³-hybridized carbons (Fsp3) is 0.200. The standard InChI is InChI=1S/C15H13NO4/c1-11-2-7-14(20-11)15(17)19-9-8-18-13-5-3-12(10-16)4-6-13/h2-7H,8-9H2,1H3. The molecule has 1 aromatic heterocycles. The van der Waals surface area contributed by atoms with Gasteiger partial charge >= 0.3 is 5.97 Å². The summed E-state index contributed by atoms with van der Waals surface area (Å²) in [4.78, 5) is 11.5. The molecule has 0 spiro atoms. The van der Waals surface area contributed by atoms with Gasteiger partial charge in [0.05, 0.1) is 11.6 Å². The van der Waals surface area contributed by atoms with E-state index in [4.69, 9.17) is 19.2 Å². The smallest absolute Gasteiger partial charge is 0.374 e. The summed E-state index contributed by atoms with van der Waals surface area (Å²) in [6.45, 7) is 2.11. The minimum absolute atomic E-state index is 0.124. The van der Waals surface area contributed by atoms with Gasteiger partial charge in [-0.05, 0) is 43.3 Å². The van der Waals surface area contributed by atoms with Gasteiger partial charge in [-0.15, -0.1) is 0 Å². The first-order valence-electron chi connectivity index (χ1n) is 6.05. The molecule has 0 aliphatic heterocycles. The van der Waals surface area contributed by atoms with Gasteiger partial charge in [0.2, 0.25) is 5.76 Å². The lowest BCUT2D eigenvalue weighted by Crippen LogP contribution is -2.11. The van der Waals surface area contributed by atoms with Crippen molar-refractivity contribution in [2.45, 2.75) is 6.92 Å². The van der Waals surface area contributed by atoms with E-state index in [1.807, 2.05) is 6.07 Å². The van der Waals surface area contributed by atoms with E-state index in [1.54, 1.807) is 43.3 Å². The van der Waals surface area contributed by atoms with Gasteiger partial charge in [-0.1, -0.05) is 0 Å². The molecule has 0 saturated carbocycles. The summed E-state index contributed by atoms with van der Waals surface area (Å²) >= 11 is 0. The summed E-state index contributed by atoms with van der Waals surface area (Å²) in [5, 5.41) is 8.66. The predicted octanol–water partition coefficient (Wildman–Crippen LogP) is 2.70. The molecule has 20 heavy (non-hydrogen) atoms. The van der Waals surface area contributed by atoms with Crippen LogP contribution in [0.1, 0.15) is 21.9 Å². The van der Waals surface area contributed by atoms with Gasteiger partial charge in [0.1, 0.15) is 24.7 Å². The molecule has 0 aliphatic rings. The van der Waals surface area contributed by atoms with Crippen molar-refractivity contribution < 1.29 is 18.7 Å². The van der Waals surface area contributed by atoms with E-state index < -0.39 is 5.97 Å². The zero-order valence-corrected chi connectivity index (χ0v) is 11.0. The number of ether oxygens (including phenoxy) is 2. The average molecular weight is 271 g/mol. The summed E-state index contributed by atoms with van der Waals surface area (Å²) in [7, 11) is 0. The highest BCUT2D eigenvalue weighted by Gasteiger charge is 2.10. The molecule has 1 aromatic carbocycles. The molecule has 2 rings (SSSR count). The van der Waals surface area contributed by atoms with E-state index in [1.165, 1.54) is 0 Å². The SMILES string of the molecule is Cc1ccc(C(=O)OCCOc2ccc(C#N)cc2)o1. The maximum Gasteiger partial charge on any atom is 0.374 e. The van der Waals surface area contributed by atoms with Gasteiger partial charge in [0, 0.05) is 0 Å². The second kappa shape index (κ2) is 6.43. The topological polar surface area (TPSA) is 72.5 Å². The lowest BCUT2D eigenvalue weighted by molar-refractivity contribution is 0.0413. The number of nitrogens with zero attached hydrogens (tertiary/aromatic N) is 1. The number of esters is 1. The average Bonchev–Trinajstić information content (AvgIpc) is 2.91. The van der Waals surface area contributed by atoms with Crippen molar-refractivity contribution in [1.29, 1.82) is 5.26 Å². The second-order valence-electron chi connectivity index (χ2n) is 4.03. The van der Waals surface area contributed by atoms with Crippen LogP contribution >= 0.6 is 0 Å². The molecule has 5 nitrogen and oxygen atoms in total. The highest BCUT2D eigenvalue weighted by Crippen LogP contribution is 2.11. The Morgan fingerprint density at radius 1 is 1.20 bits per heavy atom. The molecule has 2 aromatic rings. The maximum atomic E-state index is 11.5. The first-order chi connectivity index (χ1) is 9.69. The molecule has 0 aliphatic carbocycles. The minimum Gasteiger partial charge on any atom is -0.490 e. The first kappa shape index (κ1) is 13.7. The molecule has 1 heterocycles. The highest BCUT2D eigenvalue weighted by atomic mass is 16.6. The fourth-order valence-electron chi connectivity index (χ4n) is 1.53. The van der Waals surface area contributed by atoms with E-state index >= 15 is 0 Å². The van der Waals surface area contributed by atoms with E-state index in [0.29, 0.717) is 17.1 Å². The summed E-state index contributed by atoms with van der Waals surface area (Å²) in [5.41, 5.74) is 0.567. The number of benzene rings is 1. The number of hydrogen-bond donors (Lipinski definition) is 0. The molecule has 0 unspecified atom stereocenters. The first-order valence-corrected chi connectivity index (χ1v) is 6.05. The Hall–Kier alpha value is -2.74. The van der Waals surface area contributed by atoms with Crippen molar-refractivity contribution in [2.24, 2.45) is 0 Å². The quantitative estimate of drug-likeness (QED) is 0.617. The molecule has 0 bridgehead atoms. The van der Waals surface area contributed by atoms with Gasteiger partial charge in [-0.25, -0.2) is 4.79 Å². The Morgan fingerprint density at radius 2 is 1.95 bits per heavy atom. The summed E-state index contributed by atoms with van der Waals surface area (Å²) < 4.78 is 15.5. The number of carbonyl (C=O) groups excluding carboxylic acids is 1. The van der Waals surface area contributed by atoms with Gasteiger partial charge < -0.3 is 13.9 Å². The molecule has 0 amide bonds. The monoisotopic (exact) mass is 271 g/mol. The van der Waals surface area contributed by atoms with Crippen LogP contribution in [0.4, 0.5) is 0 Å². The van der Waals surface area contributed by atoms with Crippen LogP contribution in [-0.4, -0.2) is 19.2 Å². The molecular weight excluding hydrogens is 258 g/mol. The molecule has 0 saturated heterocycles. The van der Waals surface area contributed by atoms with Crippen molar-refractivity contribution >= 4 is 5.97 Å². The fourth-order valence-corrected chi connectivity index (χ4v) is 1.53. The normalized spacial score (nSPS) is 9.80. The number of carbonyl (C=O) groups is 1.